The number of fused-ring (bicyclic) bond motifs is 1. The first-order chi connectivity index (χ1) is 7.70. The number of rotatable bonds is 2. The first-order valence-electron chi connectivity index (χ1n) is 5.16. The van der Waals surface area contributed by atoms with Gasteiger partial charge in [0.1, 0.15) is 0 Å². The van der Waals surface area contributed by atoms with E-state index in [1.807, 2.05) is 31.2 Å². The quantitative estimate of drug-likeness (QED) is 0.620. The molecule has 4 heteroatoms. The molecule has 0 saturated carbocycles. The minimum Gasteiger partial charge on any atom is -0.553 e. The summed E-state index contributed by atoms with van der Waals surface area (Å²) in [7, 11) is 3.35. The van der Waals surface area contributed by atoms with Crippen LogP contribution in [0.3, 0.4) is 0 Å². The van der Waals surface area contributed by atoms with Crippen molar-refractivity contribution in [1.29, 1.82) is 0 Å². The van der Waals surface area contributed by atoms with Crippen molar-refractivity contribution < 1.29 is 29.0 Å². The summed E-state index contributed by atoms with van der Waals surface area (Å²) < 4.78 is 10.9. The maximum absolute atomic E-state index is 5.44. The van der Waals surface area contributed by atoms with Crippen molar-refractivity contribution >= 4 is 23.2 Å². The molecule has 2 rings (SSSR count). The van der Waals surface area contributed by atoms with Crippen molar-refractivity contribution in [1.82, 2.24) is 0 Å². The Morgan fingerprint density at radius 1 is 0.944 bits per heavy atom. The van der Waals surface area contributed by atoms with Crippen molar-refractivity contribution in [3.8, 4) is 11.5 Å². The third kappa shape index (κ3) is 2.58. The summed E-state index contributed by atoms with van der Waals surface area (Å²) >= 11 is 0. The predicted molar refractivity (Wildman–Crippen MR) is 73.5 cm³/mol. The Morgan fingerprint density at radius 2 is 1.39 bits per heavy atom. The molecule has 0 spiro atoms. The second-order valence-electron chi connectivity index (χ2n) is 3.72. The second kappa shape index (κ2) is 6.87. The van der Waals surface area contributed by atoms with Gasteiger partial charge in [0.25, 0.3) is 0 Å². The monoisotopic (exact) mass is 315 g/mol. The van der Waals surface area contributed by atoms with Crippen LogP contribution in [0.15, 0.2) is 24.3 Å². The van der Waals surface area contributed by atoms with Crippen molar-refractivity contribution in [2.45, 2.75) is 6.92 Å². The van der Waals surface area contributed by atoms with E-state index < -0.39 is 0 Å². The number of ether oxygens (including phenoxy) is 2. The molecule has 0 N–H and O–H groups in total. The van der Waals surface area contributed by atoms with E-state index in [4.69, 9.17) is 9.47 Å². The number of halogens is 1. The summed E-state index contributed by atoms with van der Waals surface area (Å²) in [4.78, 5) is 0. The van der Waals surface area contributed by atoms with Crippen molar-refractivity contribution in [2.24, 2.45) is 0 Å². The molecular formula is C14H16ClO2Zn-. The molecule has 0 amide bonds. The Bertz CT molecular complexity index is 492. The Morgan fingerprint density at radius 3 is 1.83 bits per heavy atom. The Hall–Kier alpha value is -0.917. The van der Waals surface area contributed by atoms with Gasteiger partial charge in [-0.05, 0) is 5.39 Å². The summed E-state index contributed by atoms with van der Waals surface area (Å²) in [6, 6.07) is 8.03. The summed E-state index contributed by atoms with van der Waals surface area (Å²) in [5.74, 6) is 1.70. The van der Waals surface area contributed by atoms with Gasteiger partial charge in [0, 0.05) is 30.6 Å². The van der Waals surface area contributed by atoms with Gasteiger partial charge in [0.15, 0.2) is 0 Å². The van der Waals surface area contributed by atoms with E-state index in [0.717, 1.165) is 33.4 Å². The van der Waals surface area contributed by atoms with Gasteiger partial charge in [0.05, 0.1) is 20.0 Å². The Labute approximate surface area is 127 Å². The minimum atomic E-state index is 0. The fourth-order valence-corrected chi connectivity index (χ4v) is 2.05. The van der Waals surface area contributed by atoms with Crippen molar-refractivity contribution in [3.05, 3.63) is 42.3 Å². The third-order valence-corrected chi connectivity index (χ3v) is 2.89. The zero-order valence-electron chi connectivity index (χ0n) is 10.9. The van der Waals surface area contributed by atoms with E-state index in [1.165, 1.54) is 0 Å². The van der Waals surface area contributed by atoms with Crippen LogP contribution in [-0.2, 0) is 19.5 Å². The first kappa shape index (κ1) is 17.1. The number of hydrogen-bond donors (Lipinski definition) is 0. The van der Waals surface area contributed by atoms with Crippen LogP contribution in [-0.4, -0.2) is 14.2 Å². The average Bonchev–Trinajstić information content (AvgIpc) is 2.31. The van der Waals surface area contributed by atoms with Gasteiger partial charge in [-0.3, -0.25) is 0 Å². The zero-order chi connectivity index (χ0) is 11.7. The molecule has 2 nitrogen and oxygen atoms in total. The standard InChI is InChI=1S/C14H15O2.ClH.Zn/c1-9-10(2)14(16-4)12-8-6-5-7-11(12)13(9)15-3;;/h5-8H,1H2,2-4H3;1H;/q-1;;. The van der Waals surface area contributed by atoms with Crippen LogP contribution in [0.2, 0.25) is 0 Å². The number of benzene rings is 2. The van der Waals surface area contributed by atoms with Gasteiger partial charge in [-0.25, -0.2) is 0 Å². The molecule has 0 radical (unpaired) electrons. The van der Waals surface area contributed by atoms with E-state index in [0.29, 0.717) is 0 Å². The van der Waals surface area contributed by atoms with Crippen LogP contribution >= 0.6 is 12.4 Å². The molecule has 0 heterocycles. The molecule has 0 aliphatic carbocycles. The summed E-state index contributed by atoms with van der Waals surface area (Å²) in [5.41, 5.74) is 1.91. The van der Waals surface area contributed by atoms with Crippen LogP contribution < -0.4 is 9.47 Å². The van der Waals surface area contributed by atoms with E-state index in [1.54, 1.807) is 14.2 Å². The molecule has 0 saturated heterocycles. The minimum absolute atomic E-state index is 0. The smallest absolute Gasteiger partial charge is 0.0759 e. The van der Waals surface area contributed by atoms with Gasteiger partial charge in [-0.1, -0.05) is 31.2 Å². The van der Waals surface area contributed by atoms with E-state index in [9.17, 15) is 0 Å². The SMILES string of the molecule is Cl.[CH2-]c1c(C)c(OC)c2ccccc2c1OC.[Zn]. The molecule has 0 aliphatic rings. The molecule has 2 aromatic carbocycles. The Kier molecular flexibility index (Phi) is 6.52. The first-order valence-corrected chi connectivity index (χ1v) is 5.16. The van der Waals surface area contributed by atoms with Crippen molar-refractivity contribution in [3.63, 3.8) is 0 Å². The molecule has 18 heavy (non-hydrogen) atoms. The van der Waals surface area contributed by atoms with Crippen LogP contribution in [0.25, 0.3) is 10.8 Å². The maximum Gasteiger partial charge on any atom is 0.0759 e. The summed E-state index contributed by atoms with van der Waals surface area (Å²) in [6.07, 6.45) is 0. The second-order valence-corrected chi connectivity index (χ2v) is 3.72. The normalized spacial score (nSPS) is 9.28. The number of hydrogen-bond acceptors (Lipinski definition) is 2. The van der Waals surface area contributed by atoms with Crippen LogP contribution in [0.4, 0.5) is 0 Å². The largest absolute Gasteiger partial charge is 0.553 e. The van der Waals surface area contributed by atoms with E-state index in [2.05, 4.69) is 6.92 Å². The van der Waals surface area contributed by atoms with Crippen LogP contribution in [0.1, 0.15) is 11.1 Å². The van der Waals surface area contributed by atoms with Gasteiger partial charge < -0.3 is 9.47 Å². The van der Waals surface area contributed by atoms with Gasteiger partial charge >= 0.3 is 0 Å². The predicted octanol–water partition coefficient (Wildman–Crippen LogP) is 3.77. The zero-order valence-corrected chi connectivity index (χ0v) is 14.7. The topological polar surface area (TPSA) is 18.5 Å². The molecule has 0 fully saturated rings. The van der Waals surface area contributed by atoms with Gasteiger partial charge in [0.2, 0.25) is 0 Å². The summed E-state index contributed by atoms with van der Waals surface area (Å²) in [6.45, 7) is 6.04. The van der Waals surface area contributed by atoms with Crippen LogP contribution in [0.5, 0.6) is 11.5 Å². The van der Waals surface area contributed by atoms with Crippen LogP contribution in [0, 0.1) is 13.8 Å². The molecule has 0 atom stereocenters. The van der Waals surface area contributed by atoms with Gasteiger partial charge in [-0.15, -0.1) is 23.5 Å². The van der Waals surface area contributed by atoms with E-state index >= 15 is 0 Å². The Balaban J connectivity index is 0.00000144. The molecule has 0 bridgehead atoms. The van der Waals surface area contributed by atoms with Crippen molar-refractivity contribution in [2.75, 3.05) is 14.2 Å². The average molecular weight is 317 g/mol. The third-order valence-electron chi connectivity index (χ3n) is 2.89. The molecule has 94 valence electrons. The molecule has 0 aromatic heterocycles. The maximum atomic E-state index is 5.44. The molecule has 0 aliphatic heterocycles. The molecular weight excluding hydrogens is 301 g/mol. The fourth-order valence-electron chi connectivity index (χ4n) is 2.05. The number of methoxy groups -OCH3 is 2. The summed E-state index contributed by atoms with van der Waals surface area (Å²) in [5, 5.41) is 2.10. The van der Waals surface area contributed by atoms with E-state index in [-0.39, 0.29) is 31.9 Å². The fraction of sp³-hybridized carbons (Fsp3) is 0.214. The molecule has 2 aromatic rings. The molecule has 0 unspecified atom stereocenters. The van der Waals surface area contributed by atoms with Gasteiger partial charge in [-0.2, -0.15) is 6.92 Å².